The van der Waals surface area contributed by atoms with E-state index in [4.69, 9.17) is 0 Å². The predicted molar refractivity (Wildman–Crippen MR) is 77.9 cm³/mol. The summed E-state index contributed by atoms with van der Waals surface area (Å²) in [6.07, 6.45) is 0. The van der Waals surface area contributed by atoms with E-state index in [0.29, 0.717) is 0 Å². The van der Waals surface area contributed by atoms with Gasteiger partial charge in [-0.05, 0) is 79.9 Å². The van der Waals surface area contributed by atoms with Crippen molar-refractivity contribution < 1.29 is 8.78 Å². The molecule has 1 unspecified atom stereocenters. The van der Waals surface area contributed by atoms with Crippen LogP contribution in [0.25, 0.3) is 0 Å². The van der Waals surface area contributed by atoms with E-state index in [0.717, 1.165) is 27.8 Å². The fourth-order valence-electron chi connectivity index (χ4n) is 2.75. The molecule has 106 valence electrons. The molecule has 1 N–H and O–H groups in total. The van der Waals surface area contributed by atoms with E-state index in [1.165, 1.54) is 18.2 Å². The van der Waals surface area contributed by atoms with E-state index in [1.807, 2.05) is 27.8 Å². The van der Waals surface area contributed by atoms with Crippen molar-refractivity contribution >= 4 is 0 Å². The average Bonchev–Trinajstić information content (AvgIpc) is 2.37. The van der Waals surface area contributed by atoms with Gasteiger partial charge in [-0.3, -0.25) is 0 Å². The van der Waals surface area contributed by atoms with E-state index in [1.54, 1.807) is 12.1 Å². The summed E-state index contributed by atoms with van der Waals surface area (Å²) in [7, 11) is 1.83. The summed E-state index contributed by atoms with van der Waals surface area (Å²) in [5.74, 6) is -0.502. The number of nitrogens with one attached hydrogen (secondary N) is 1. The van der Waals surface area contributed by atoms with Crippen molar-refractivity contribution in [3.8, 4) is 0 Å². The third kappa shape index (κ3) is 2.73. The molecule has 3 heteroatoms. The molecule has 0 saturated carbocycles. The Hall–Kier alpha value is -1.74. The molecule has 0 bridgehead atoms. The average molecular weight is 275 g/mol. The zero-order valence-electron chi connectivity index (χ0n) is 12.2. The lowest BCUT2D eigenvalue weighted by atomic mass is 9.89. The maximum Gasteiger partial charge on any atom is 0.123 e. The molecule has 0 aliphatic heterocycles. The summed E-state index contributed by atoms with van der Waals surface area (Å²) in [5.41, 5.74) is 4.62. The SMILES string of the molecule is CNC(c1cc(F)ccc1C)c1c(C)cc(F)cc1C. The van der Waals surface area contributed by atoms with Gasteiger partial charge in [-0.2, -0.15) is 0 Å². The zero-order valence-corrected chi connectivity index (χ0v) is 12.2. The lowest BCUT2D eigenvalue weighted by Gasteiger charge is -2.23. The molecule has 0 amide bonds. The predicted octanol–water partition coefficient (Wildman–Crippen LogP) is 4.20. The second-order valence-electron chi connectivity index (χ2n) is 5.18. The molecule has 0 aliphatic rings. The minimum Gasteiger partial charge on any atom is -0.309 e. The van der Waals surface area contributed by atoms with Crippen LogP contribution in [0, 0.1) is 32.4 Å². The van der Waals surface area contributed by atoms with Gasteiger partial charge in [-0.1, -0.05) is 6.07 Å². The Balaban J connectivity index is 2.61. The fraction of sp³-hybridized carbons (Fsp3) is 0.294. The van der Waals surface area contributed by atoms with Crippen LogP contribution >= 0.6 is 0 Å². The number of benzene rings is 2. The smallest absolute Gasteiger partial charge is 0.123 e. The third-order valence-corrected chi connectivity index (χ3v) is 3.69. The first-order valence-electron chi connectivity index (χ1n) is 6.64. The Bertz CT molecular complexity index is 612. The van der Waals surface area contributed by atoms with Crippen LogP contribution in [-0.2, 0) is 0 Å². The molecule has 2 aromatic carbocycles. The van der Waals surface area contributed by atoms with Crippen molar-refractivity contribution in [2.75, 3.05) is 7.05 Å². The molecule has 0 aliphatic carbocycles. The second-order valence-corrected chi connectivity index (χ2v) is 5.18. The van der Waals surface area contributed by atoms with E-state index >= 15 is 0 Å². The first-order chi connectivity index (χ1) is 9.43. The van der Waals surface area contributed by atoms with Gasteiger partial charge in [0.2, 0.25) is 0 Å². The van der Waals surface area contributed by atoms with E-state index in [2.05, 4.69) is 5.32 Å². The number of hydrogen-bond acceptors (Lipinski definition) is 1. The Morgan fingerprint density at radius 3 is 2.00 bits per heavy atom. The van der Waals surface area contributed by atoms with Gasteiger partial charge in [0, 0.05) is 0 Å². The summed E-state index contributed by atoms with van der Waals surface area (Å²) < 4.78 is 27.0. The largest absolute Gasteiger partial charge is 0.309 e. The number of halogens is 2. The van der Waals surface area contributed by atoms with Crippen molar-refractivity contribution in [2.24, 2.45) is 0 Å². The molecule has 0 spiro atoms. The number of hydrogen-bond donors (Lipinski definition) is 1. The minimum absolute atomic E-state index is 0.147. The van der Waals surface area contributed by atoms with E-state index in [9.17, 15) is 8.78 Å². The first kappa shape index (κ1) is 14.7. The lowest BCUT2D eigenvalue weighted by Crippen LogP contribution is -2.21. The highest BCUT2D eigenvalue weighted by atomic mass is 19.1. The van der Waals surface area contributed by atoms with Crippen LogP contribution in [0.4, 0.5) is 8.78 Å². The Morgan fingerprint density at radius 1 is 0.850 bits per heavy atom. The summed E-state index contributed by atoms with van der Waals surface area (Å²) in [6, 6.07) is 7.65. The first-order valence-corrected chi connectivity index (χ1v) is 6.64. The van der Waals surface area contributed by atoms with Crippen LogP contribution < -0.4 is 5.32 Å². The molecule has 0 saturated heterocycles. The highest BCUT2D eigenvalue weighted by Crippen LogP contribution is 2.30. The molecule has 0 aromatic heterocycles. The van der Waals surface area contributed by atoms with Crippen LogP contribution in [0.15, 0.2) is 30.3 Å². The van der Waals surface area contributed by atoms with Gasteiger partial charge in [0.05, 0.1) is 6.04 Å². The summed E-state index contributed by atoms with van der Waals surface area (Å²) in [6.45, 7) is 5.71. The normalized spacial score (nSPS) is 12.5. The van der Waals surface area contributed by atoms with E-state index in [-0.39, 0.29) is 17.7 Å². The van der Waals surface area contributed by atoms with Crippen molar-refractivity contribution in [1.82, 2.24) is 5.32 Å². The maximum atomic E-state index is 13.5. The van der Waals surface area contributed by atoms with Gasteiger partial charge in [-0.25, -0.2) is 8.78 Å². The molecule has 0 radical (unpaired) electrons. The fourth-order valence-corrected chi connectivity index (χ4v) is 2.75. The Morgan fingerprint density at radius 2 is 1.45 bits per heavy atom. The Kier molecular flexibility index (Phi) is 4.19. The van der Waals surface area contributed by atoms with Crippen LogP contribution in [0.1, 0.15) is 33.9 Å². The Labute approximate surface area is 118 Å². The van der Waals surface area contributed by atoms with Crippen molar-refractivity contribution in [3.05, 3.63) is 69.8 Å². The van der Waals surface area contributed by atoms with Crippen molar-refractivity contribution in [1.29, 1.82) is 0 Å². The second kappa shape index (κ2) is 5.71. The molecule has 1 atom stereocenters. The van der Waals surface area contributed by atoms with Crippen LogP contribution in [0.2, 0.25) is 0 Å². The van der Waals surface area contributed by atoms with Crippen LogP contribution in [0.5, 0.6) is 0 Å². The molecule has 20 heavy (non-hydrogen) atoms. The lowest BCUT2D eigenvalue weighted by molar-refractivity contribution is 0.608. The number of aryl methyl sites for hydroxylation is 3. The molecule has 1 nitrogen and oxygen atoms in total. The summed E-state index contributed by atoms with van der Waals surface area (Å²) in [5, 5.41) is 3.21. The van der Waals surface area contributed by atoms with Gasteiger partial charge >= 0.3 is 0 Å². The summed E-state index contributed by atoms with van der Waals surface area (Å²) in [4.78, 5) is 0. The van der Waals surface area contributed by atoms with Crippen molar-refractivity contribution in [3.63, 3.8) is 0 Å². The highest BCUT2D eigenvalue weighted by molar-refractivity contribution is 5.44. The van der Waals surface area contributed by atoms with Crippen LogP contribution in [-0.4, -0.2) is 7.05 Å². The maximum absolute atomic E-state index is 13.5. The standard InChI is InChI=1S/C17H19F2N/c1-10-5-6-13(18)9-15(10)17(20-4)16-11(2)7-14(19)8-12(16)3/h5-9,17,20H,1-4H3. The van der Waals surface area contributed by atoms with E-state index < -0.39 is 0 Å². The van der Waals surface area contributed by atoms with Gasteiger partial charge in [0.25, 0.3) is 0 Å². The molecule has 0 heterocycles. The quantitative estimate of drug-likeness (QED) is 0.885. The molecule has 2 aromatic rings. The zero-order chi connectivity index (χ0) is 14.9. The highest BCUT2D eigenvalue weighted by Gasteiger charge is 2.19. The van der Waals surface area contributed by atoms with Gasteiger partial charge in [0.15, 0.2) is 0 Å². The monoisotopic (exact) mass is 275 g/mol. The minimum atomic E-state index is -0.261. The molecular weight excluding hydrogens is 256 g/mol. The van der Waals surface area contributed by atoms with Crippen molar-refractivity contribution in [2.45, 2.75) is 26.8 Å². The van der Waals surface area contributed by atoms with Gasteiger partial charge in [-0.15, -0.1) is 0 Å². The number of rotatable bonds is 3. The van der Waals surface area contributed by atoms with Gasteiger partial charge < -0.3 is 5.32 Å². The topological polar surface area (TPSA) is 12.0 Å². The van der Waals surface area contributed by atoms with Crippen LogP contribution in [0.3, 0.4) is 0 Å². The molecular formula is C17H19F2N. The summed E-state index contributed by atoms with van der Waals surface area (Å²) >= 11 is 0. The van der Waals surface area contributed by atoms with Gasteiger partial charge in [0.1, 0.15) is 11.6 Å². The molecule has 0 fully saturated rings. The molecule has 2 rings (SSSR count). The third-order valence-electron chi connectivity index (χ3n) is 3.69.